The van der Waals surface area contributed by atoms with E-state index in [-0.39, 0.29) is 5.91 Å². The molecule has 0 radical (unpaired) electrons. The first-order valence-corrected chi connectivity index (χ1v) is 10.8. The zero-order chi connectivity index (χ0) is 20.9. The summed E-state index contributed by atoms with van der Waals surface area (Å²) in [6.45, 7) is 1.47. The Bertz CT molecular complexity index is 831. The first-order valence-electron chi connectivity index (χ1n) is 10.1. The minimum absolute atomic E-state index is 0.0114. The molecule has 0 aliphatic heterocycles. The summed E-state index contributed by atoms with van der Waals surface area (Å²) in [4.78, 5) is 15.5. The van der Waals surface area contributed by atoms with E-state index in [1.54, 1.807) is 6.07 Å². The van der Waals surface area contributed by atoms with Crippen LogP contribution in [0.4, 0.5) is 5.69 Å². The fraction of sp³-hybridized carbons (Fsp3) is 0.435. The number of hydrogen-bond donors (Lipinski definition) is 1. The maximum atomic E-state index is 13.4. The lowest BCUT2D eigenvalue weighted by atomic mass is 9.68. The van der Waals surface area contributed by atoms with Crippen molar-refractivity contribution >= 4 is 34.8 Å². The third kappa shape index (κ3) is 5.44. The largest absolute Gasteiger partial charge is 0.492 e. The number of likely N-dealkylation sites (N-methyl/N-ethyl adjacent to an activating group) is 1. The zero-order valence-electron chi connectivity index (χ0n) is 17.0. The Kier molecular flexibility index (Phi) is 7.44. The van der Waals surface area contributed by atoms with E-state index in [4.69, 9.17) is 27.9 Å². The van der Waals surface area contributed by atoms with E-state index in [9.17, 15) is 4.79 Å². The number of anilines is 1. The Labute approximate surface area is 183 Å². The molecule has 29 heavy (non-hydrogen) atoms. The van der Waals surface area contributed by atoms with Gasteiger partial charge in [-0.05, 0) is 68.9 Å². The van der Waals surface area contributed by atoms with Gasteiger partial charge in [0, 0.05) is 22.3 Å². The second-order valence-corrected chi connectivity index (χ2v) is 8.74. The molecule has 1 amide bonds. The number of rotatable bonds is 7. The van der Waals surface area contributed by atoms with Crippen LogP contribution in [0.2, 0.25) is 10.0 Å². The molecule has 0 heterocycles. The van der Waals surface area contributed by atoms with Gasteiger partial charge in [0.05, 0.1) is 5.41 Å². The lowest BCUT2D eigenvalue weighted by Gasteiger charge is -2.37. The number of carbonyl (C=O) groups is 1. The smallest absolute Gasteiger partial charge is 0.235 e. The number of halogens is 2. The third-order valence-electron chi connectivity index (χ3n) is 5.51. The SMILES string of the molecule is CN(C)CCOc1ccc(NC(=O)C2(c3ccc(Cl)cc3Cl)CCCCC2)cc1. The van der Waals surface area contributed by atoms with Gasteiger partial charge in [-0.15, -0.1) is 0 Å². The highest BCUT2D eigenvalue weighted by atomic mass is 35.5. The van der Waals surface area contributed by atoms with Crippen LogP contribution in [-0.2, 0) is 10.2 Å². The fourth-order valence-electron chi connectivity index (χ4n) is 3.88. The minimum atomic E-state index is -0.624. The van der Waals surface area contributed by atoms with E-state index in [0.717, 1.165) is 55.6 Å². The Hall–Kier alpha value is -1.75. The van der Waals surface area contributed by atoms with E-state index in [1.165, 1.54) is 0 Å². The maximum absolute atomic E-state index is 13.4. The van der Waals surface area contributed by atoms with E-state index >= 15 is 0 Å². The predicted molar refractivity (Wildman–Crippen MR) is 120 cm³/mol. The summed E-state index contributed by atoms with van der Waals surface area (Å²) >= 11 is 12.6. The van der Waals surface area contributed by atoms with Gasteiger partial charge in [0.2, 0.25) is 5.91 Å². The Morgan fingerprint density at radius 1 is 1.07 bits per heavy atom. The molecule has 2 aromatic rings. The van der Waals surface area contributed by atoms with E-state index in [1.807, 2.05) is 50.5 Å². The number of nitrogens with one attached hydrogen (secondary N) is 1. The molecule has 156 valence electrons. The molecule has 0 unspecified atom stereocenters. The number of carbonyl (C=O) groups excluding carboxylic acids is 1. The van der Waals surface area contributed by atoms with Crippen molar-refractivity contribution in [1.82, 2.24) is 4.90 Å². The third-order valence-corrected chi connectivity index (χ3v) is 6.06. The van der Waals surface area contributed by atoms with E-state index in [2.05, 4.69) is 10.2 Å². The van der Waals surface area contributed by atoms with Gasteiger partial charge >= 0.3 is 0 Å². The fourth-order valence-corrected chi connectivity index (χ4v) is 4.47. The van der Waals surface area contributed by atoms with Crippen LogP contribution in [0.5, 0.6) is 5.75 Å². The number of benzene rings is 2. The monoisotopic (exact) mass is 434 g/mol. The number of amides is 1. The lowest BCUT2D eigenvalue weighted by molar-refractivity contribution is -0.122. The van der Waals surface area contributed by atoms with E-state index < -0.39 is 5.41 Å². The molecule has 1 aliphatic rings. The molecule has 1 N–H and O–H groups in total. The molecule has 2 aromatic carbocycles. The quantitative estimate of drug-likeness (QED) is 0.600. The van der Waals surface area contributed by atoms with Crippen LogP contribution < -0.4 is 10.1 Å². The highest BCUT2D eigenvalue weighted by molar-refractivity contribution is 6.35. The normalized spacial score (nSPS) is 15.9. The highest BCUT2D eigenvalue weighted by Crippen LogP contribution is 2.44. The average Bonchev–Trinajstić information content (AvgIpc) is 2.69. The van der Waals surface area contributed by atoms with Gasteiger partial charge in [-0.1, -0.05) is 48.5 Å². The number of ether oxygens (including phenoxy) is 1. The van der Waals surface area contributed by atoms with Gasteiger partial charge in [0.15, 0.2) is 0 Å². The lowest BCUT2D eigenvalue weighted by Crippen LogP contribution is -2.42. The topological polar surface area (TPSA) is 41.6 Å². The molecule has 1 aliphatic carbocycles. The second-order valence-electron chi connectivity index (χ2n) is 7.90. The Balaban J connectivity index is 1.75. The standard InChI is InChI=1S/C23H28Cl2N2O2/c1-27(2)14-15-29-19-9-7-18(8-10-19)26-22(28)23(12-4-3-5-13-23)20-11-6-17(24)16-21(20)25/h6-11,16H,3-5,12-15H2,1-2H3,(H,26,28). The van der Waals surface area contributed by atoms with Gasteiger partial charge in [0.25, 0.3) is 0 Å². The molecule has 4 nitrogen and oxygen atoms in total. The van der Waals surface area contributed by atoms with Gasteiger partial charge in [0.1, 0.15) is 12.4 Å². The number of hydrogen-bond acceptors (Lipinski definition) is 3. The molecule has 0 aromatic heterocycles. The van der Waals surface area contributed by atoms with Crippen molar-refractivity contribution in [3.63, 3.8) is 0 Å². The zero-order valence-corrected chi connectivity index (χ0v) is 18.5. The molecule has 3 rings (SSSR count). The number of nitrogens with zero attached hydrogens (tertiary/aromatic N) is 1. The molecular weight excluding hydrogens is 407 g/mol. The first kappa shape index (κ1) is 21.9. The van der Waals surface area contributed by atoms with Crippen LogP contribution in [-0.4, -0.2) is 38.1 Å². The van der Waals surface area contributed by atoms with Crippen molar-refractivity contribution in [3.8, 4) is 5.75 Å². The Morgan fingerprint density at radius 2 is 1.76 bits per heavy atom. The van der Waals surface area contributed by atoms with Crippen LogP contribution in [0.15, 0.2) is 42.5 Å². The summed E-state index contributed by atoms with van der Waals surface area (Å²) in [5, 5.41) is 4.23. The first-order chi connectivity index (χ1) is 13.9. The van der Waals surface area contributed by atoms with Gasteiger partial charge in [-0.3, -0.25) is 4.79 Å². The summed E-state index contributed by atoms with van der Waals surface area (Å²) in [6.07, 6.45) is 4.72. The van der Waals surface area contributed by atoms with Crippen molar-refractivity contribution < 1.29 is 9.53 Å². The second kappa shape index (κ2) is 9.84. The molecule has 0 spiro atoms. The van der Waals surface area contributed by atoms with Gasteiger partial charge in [-0.2, -0.15) is 0 Å². The van der Waals surface area contributed by atoms with Crippen molar-refractivity contribution in [3.05, 3.63) is 58.1 Å². The highest BCUT2D eigenvalue weighted by Gasteiger charge is 2.42. The van der Waals surface area contributed by atoms with Crippen molar-refractivity contribution in [2.45, 2.75) is 37.5 Å². The summed E-state index contributed by atoms with van der Waals surface area (Å²) < 4.78 is 5.72. The van der Waals surface area contributed by atoms with Gasteiger partial charge < -0.3 is 15.0 Å². The van der Waals surface area contributed by atoms with Crippen molar-refractivity contribution in [2.24, 2.45) is 0 Å². The molecule has 1 saturated carbocycles. The van der Waals surface area contributed by atoms with Crippen LogP contribution >= 0.6 is 23.2 Å². The molecule has 0 saturated heterocycles. The summed E-state index contributed by atoms with van der Waals surface area (Å²) in [6, 6.07) is 13.0. The molecule has 0 atom stereocenters. The van der Waals surface area contributed by atoms with Crippen molar-refractivity contribution in [1.29, 1.82) is 0 Å². The molecule has 6 heteroatoms. The molecule has 0 bridgehead atoms. The average molecular weight is 435 g/mol. The van der Waals surface area contributed by atoms with Crippen LogP contribution in [0.1, 0.15) is 37.7 Å². The van der Waals surface area contributed by atoms with Gasteiger partial charge in [-0.25, -0.2) is 0 Å². The Morgan fingerprint density at radius 3 is 2.38 bits per heavy atom. The minimum Gasteiger partial charge on any atom is -0.492 e. The van der Waals surface area contributed by atoms with Crippen LogP contribution in [0.3, 0.4) is 0 Å². The maximum Gasteiger partial charge on any atom is 0.235 e. The van der Waals surface area contributed by atoms with Crippen LogP contribution in [0, 0.1) is 0 Å². The summed E-state index contributed by atoms with van der Waals surface area (Å²) in [7, 11) is 4.02. The molecule has 1 fully saturated rings. The van der Waals surface area contributed by atoms with E-state index in [0.29, 0.717) is 16.7 Å². The van der Waals surface area contributed by atoms with Crippen molar-refractivity contribution in [2.75, 3.05) is 32.6 Å². The summed E-state index contributed by atoms with van der Waals surface area (Å²) in [5.74, 6) is 0.778. The summed E-state index contributed by atoms with van der Waals surface area (Å²) in [5.41, 5.74) is 0.996. The van der Waals surface area contributed by atoms with Crippen LogP contribution in [0.25, 0.3) is 0 Å². The molecular formula is C23H28Cl2N2O2. The predicted octanol–water partition coefficient (Wildman–Crippen LogP) is 5.77.